The normalized spacial score (nSPS) is 17.7. The van der Waals surface area contributed by atoms with Crippen molar-refractivity contribution in [2.75, 3.05) is 24.3 Å². The highest BCUT2D eigenvalue weighted by atomic mass is 16.3. The molecule has 5 nitrogen and oxygen atoms in total. The first kappa shape index (κ1) is 11.1. The van der Waals surface area contributed by atoms with Gasteiger partial charge < -0.3 is 15.7 Å². The molecule has 2 rings (SSSR count). The Bertz CT molecular complexity index is 371. The molecule has 1 aliphatic rings. The molecule has 3 N–H and O–H groups in total. The molecule has 1 aliphatic carbocycles. The molecule has 0 spiro atoms. The van der Waals surface area contributed by atoms with Crippen LogP contribution in [0.3, 0.4) is 0 Å². The summed E-state index contributed by atoms with van der Waals surface area (Å²) in [7, 11) is 1.79. The molecule has 0 unspecified atom stereocenters. The van der Waals surface area contributed by atoms with Crippen molar-refractivity contribution < 1.29 is 5.11 Å². The van der Waals surface area contributed by atoms with Crippen LogP contribution in [-0.4, -0.2) is 34.3 Å². The third kappa shape index (κ3) is 1.95. The standard InChI is InChI=1S/C11H18N4O/c1-8-6-13-10(12-2)14-9(8)15-11(7-16)4-3-5-11/h6,16H,3-5,7H2,1-2H3,(H2,12,13,14,15). The molecule has 0 saturated heterocycles. The minimum atomic E-state index is -0.163. The van der Waals surface area contributed by atoms with Crippen LogP contribution >= 0.6 is 0 Å². The number of nitrogens with zero attached hydrogens (tertiary/aromatic N) is 2. The predicted molar refractivity (Wildman–Crippen MR) is 63.6 cm³/mol. The van der Waals surface area contributed by atoms with E-state index in [4.69, 9.17) is 0 Å². The number of aromatic nitrogens is 2. The van der Waals surface area contributed by atoms with Crippen molar-refractivity contribution in [3.05, 3.63) is 11.8 Å². The number of anilines is 2. The maximum atomic E-state index is 9.39. The van der Waals surface area contributed by atoms with E-state index in [9.17, 15) is 5.11 Å². The third-order valence-electron chi connectivity index (χ3n) is 3.19. The molecule has 1 fully saturated rings. The number of aryl methyl sites for hydroxylation is 1. The highest BCUT2D eigenvalue weighted by Gasteiger charge is 2.36. The van der Waals surface area contributed by atoms with Gasteiger partial charge in [-0.2, -0.15) is 4.98 Å². The van der Waals surface area contributed by atoms with Gasteiger partial charge in [0.1, 0.15) is 5.82 Å². The zero-order valence-corrected chi connectivity index (χ0v) is 9.75. The van der Waals surface area contributed by atoms with Crippen molar-refractivity contribution in [2.45, 2.75) is 31.7 Å². The second-order valence-corrected chi connectivity index (χ2v) is 4.39. The van der Waals surface area contributed by atoms with Gasteiger partial charge in [-0.05, 0) is 26.2 Å². The van der Waals surface area contributed by atoms with E-state index in [2.05, 4.69) is 20.6 Å². The largest absolute Gasteiger partial charge is 0.394 e. The fraction of sp³-hybridized carbons (Fsp3) is 0.636. The third-order valence-corrected chi connectivity index (χ3v) is 3.19. The van der Waals surface area contributed by atoms with Crippen LogP contribution in [0.1, 0.15) is 24.8 Å². The molecule has 1 aromatic rings. The van der Waals surface area contributed by atoms with Gasteiger partial charge in [0.25, 0.3) is 0 Å². The lowest BCUT2D eigenvalue weighted by Gasteiger charge is -2.41. The summed E-state index contributed by atoms with van der Waals surface area (Å²) in [5.41, 5.74) is 0.836. The molecule has 0 bridgehead atoms. The van der Waals surface area contributed by atoms with Crippen molar-refractivity contribution in [1.29, 1.82) is 0 Å². The number of rotatable bonds is 4. The van der Waals surface area contributed by atoms with Crippen LogP contribution < -0.4 is 10.6 Å². The highest BCUT2D eigenvalue weighted by Crippen LogP contribution is 2.35. The highest BCUT2D eigenvalue weighted by molar-refractivity contribution is 5.48. The van der Waals surface area contributed by atoms with E-state index < -0.39 is 0 Å². The zero-order valence-electron chi connectivity index (χ0n) is 9.75. The molecule has 0 aromatic carbocycles. The maximum absolute atomic E-state index is 9.39. The summed E-state index contributed by atoms with van der Waals surface area (Å²) >= 11 is 0. The summed E-state index contributed by atoms with van der Waals surface area (Å²) < 4.78 is 0. The van der Waals surface area contributed by atoms with Gasteiger partial charge in [-0.3, -0.25) is 0 Å². The van der Waals surface area contributed by atoms with Gasteiger partial charge in [0.05, 0.1) is 12.1 Å². The fourth-order valence-electron chi connectivity index (χ4n) is 1.87. The summed E-state index contributed by atoms with van der Waals surface area (Å²) in [5, 5.41) is 15.6. The molecule has 16 heavy (non-hydrogen) atoms. The van der Waals surface area contributed by atoms with Crippen molar-refractivity contribution in [1.82, 2.24) is 9.97 Å². The number of aliphatic hydroxyl groups excluding tert-OH is 1. The summed E-state index contributed by atoms with van der Waals surface area (Å²) in [6.45, 7) is 2.12. The molecular formula is C11H18N4O. The maximum Gasteiger partial charge on any atom is 0.224 e. The van der Waals surface area contributed by atoms with Crippen molar-refractivity contribution >= 4 is 11.8 Å². The van der Waals surface area contributed by atoms with Crippen LogP contribution in [0.4, 0.5) is 11.8 Å². The van der Waals surface area contributed by atoms with Crippen LogP contribution in [0.25, 0.3) is 0 Å². The first-order valence-corrected chi connectivity index (χ1v) is 5.59. The second kappa shape index (κ2) is 4.25. The molecule has 0 atom stereocenters. The molecule has 0 aliphatic heterocycles. The van der Waals surface area contributed by atoms with Crippen molar-refractivity contribution in [3.8, 4) is 0 Å². The Kier molecular flexibility index (Phi) is 2.96. The van der Waals surface area contributed by atoms with Crippen molar-refractivity contribution in [2.24, 2.45) is 0 Å². The van der Waals surface area contributed by atoms with E-state index in [1.54, 1.807) is 13.2 Å². The fourth-order valence-corrected chi connectivity index (χ4v) is 1.87. The van der Waals surface area contributed by atoms with Gasteiger partial charge in [-0.25, -0.2) is 4.98 Å². The lowest BCUT2D eigenvalue weighted by atomic mass is 9.77. The number of hydrogen-bond acceptors (Lipinski definition) is 5. The van der Waals surface area contributed by atoms with E-state index in [-0.39, 0.29) is 12.1 Å². The van der Waals surface area contributed by atoms with Gasteiger partial charge in [-0.1, -0.05) is 0 Å². The van der Waals surface area contributed by atoms with Crippen LogP contribution in [-0.2, 0) is 0 Å². The van der Waals surface area contributed by atoms with E-state index in [1.807, 2.05) is 6.92 Å². The van der Waals surface area contributed by atoms with E-state index in [0.717, 1.165) is 30.6 Å². The first-order valence-electron chi connectivity index (χ1n) is 5.59. The summed E-state index contributed by atoms with van der Waals surface area (Å²) in [5.74, 6) is 1.41. The molecule has 1 aromatic heterocycles. The lowest BCUT2D eigenvalue weighted by Crippen LogP contribution is -2.48. The predicted octanol–water partition coefficient (Wildman–Crippen LogP) is 1.15. The number of nitrogens with one attached hydrogen (secondary N) is 2. The van der Waals surface area contributed by atoms with Gasteiger partial charge in [0, 0.05) is 18.8 Å². The Morgan fingerprint density at radius 3 is 2.75 bits per heavy atom. The molecule has 1 heterocycles. The summed E-state index contributed by atoms with van der Waals surface area (Å²) in [6.07, 6.45) is 4.95. The Morgan fingerprint density at radius 1 is 1.50 bits per heavy atom. The topological polar surface area (TPSA) is 70.1 Å². The molecule has 1 saturated carbocycles. The number of hydrogen-bond donors (Lipinski definition) is 3. The van der Waals surface area contributed by atoms with Gasteiger partial charge in [0.2, 0.25) is 5.95 Å². The van der Waals surface area contributed by atoms with Crippen LogP contribution in [0.2, 0.25) is 0 Å². The average molecular weight is 222 g/mol. The number of aliphatic hydroxyl groups is 1. The molecule has 0 amide bonds. The average Bonchev–Trinajstić information content (AvgIpc) is 2.26. The Balaban J connectivity index is 2.19. The summed E-state index contributed by atoms with van der Waals surface area (Å²) in [4.78, 5) is 8.49. The van der Waals surface area contributed by atoms with Crippen LogP contribution in [0.15, 0.2) is 6.20 Å². The zero-order chi connectivity index (χ0) is 11.6. The Morgan fingerprint density at radius 2 is 2.25 bits per heavy atom. The Labute approximate surface area is 95.3 Å². The molecular weight excluding hydrogens is 204 g/mol. The van der Waals surface area contributed by atoms with Gasteiger partial charge in [0.15, 0.2) is 0 Å². The minimum absolute atomic E-state index is 0.158. The first-order chi connectivity index (χ1) is 7.69. The van der Waals surface area contributed by atoms with E-state index in [1.165, 1.54) is 0 Å². The molecule has 88 valence electrons. The molecule has 5 heteroatoms. The quantitative estimate of drug-likeness (QED) is 0.713. The minimum Gasteiger partial charge on any atom is -0.394 e. The lowest BCUT2D eigenvalue weighted by molar-refractivity contribution is 0.143. The van der Waals surface area contributed by atoms with Crippen LogP contribution in [0.5, 0.6) is 0 Å². The molecule has 0 radical (unpaired) electrons. The summed E-state index contributed by atoms with van der Waals surface area (Å²) in [6, 6.07) is 0. The van der Waals surface area contributed by atoms with E-state index in [0.29, 0.717) is 5.95 Å². The Hall–Kier alpha value is -1.36. The second-order valence-electron chi connectivity index (χ2n) is 4.39. The van der Waals surface area contributed by atoms with Crippen LogP contribution in [0, 0.1) is 6.92 Å². The van der Waals surface area contributed by atoms with Gasteiger partial charge in [-0.15, -0.1) is 0 Å². The monoisotopic (exact) mass is 222 g/mol. The van der Waals surface area contributed by atoms with Gasteiger partial charge >= 0.3 is 0 Å². The van der Waals surface area contributed by atoms with Crippen molar-refractivity contribution in [3.63, 3.8) is 0 Å². The van der Waals surface area contributed by atoms with E-state index >= 15 is 0 Å². The SMILES string of the molecule is CNc1ncc(C)c(NC2(CO)CCC2)n1. The smallest absolute Gasteiger partial charge is 0.224 e.